The Morgan fingerprint density at radius 1 is 1.22 bits per heavy atom. The number of thioether (sulfide) groups is 1. The SMILES string of the molecule is N#Cc1ccc(SCc2ccccc2Cl)c(Br)c1. The Morgan fingerprint density at radius 2 is 2.00 bits per heavy atom. The fraction of sp³-hybridized carbons (Fsp3) is 0.0714. The fourth-order valence-electron chi connectivity index (χ4n) is 1.46. The zero-order valence-electron chi connectivity index (χ0n) is 9.36. The summed E-state index contributed by atoms with van der Waals surface area (Å²) in [5.74, 6) is 0.810. The van der Waals surface area contributed by atoms with Gasteiger partial charge in [-0.3, -0.25) is 0 Å². The summed E-state index contributed by atoms with van der Waals surface area (Å²) < 4.78 is 0.943. The Kier molecular flexibility index (Phi) is 4.71. The second-order valence-electron chi connectivity index (χ2n) is 3.64. The second-order valence-corrected chi connectivity index (χ2v) is 5.92. The molecule has 0 atom stereocenters. The van der Waals surface area contributed by atoms with Gasteiger partial charge >= 0.3 is 0 Å². The standard InChI is InChI=1S/C14H9BrClNS/c15-12-7-10(8-17)5-6-14(12)18-9-11-3-1-2-4-13(11)16/h1-7H,9H2. The first-order valence-corrected chi connectivity index (χ1v) is 7.42. The third-order valence-corrected chi connectivity index (χ3v) is 4.81. The molecule has 0 bridgehead atoms. The van der Waals surface area contributed by atoms with Crippen molar-refractivity contribution in [1.29, 1.82) is 5.26 Å². The summed E-state index contributed by atoms with van der Waals surface area (Å²) >= 11 is 11.3. The van der Waals surface area contributed by atoms with Crippen LogP contribution in [0.3, 0.4) is 0 Å². The second kappa shape index (κ2) is 6.29. The Bertz CT molecular complexity index is 607. The molecule has 2 aromatic rings. The molecular weight excluding hydrogens is 330 g/mol. The molecule has 0 radical (unpaired) electrons. The number of halogens is 2. The number of nitriles is 1. The van der Waals surface area contributed by atoms with Crippen LogP contribution in [0.1, 0.15) is 11.1 Å². The Hall–Kier alpha value is -0.950. The summed E-state index contributed by atoms with van der Waals surface area (Å²) in [6.45, 7) is 0. The molecule has 0 heterocycles. The number of hydrogen-bond donors (Lipinski definition) is 0. The summed E-state index contributed by atoms with van der Waals surface area (Å²) in [5, 5.41) is 9.59. The van der Waals surface area contributed by atoms with Gasteiger partial charge < -0.3 is 0 Å². The van der Waals surface area contributed by atoms with Crippen LogP contribution in [-0.2, 0) is 5.75 Å². The van der Waals surface area contributed by atoms with E-state index in [1.807, 2.05) is 42.5 Å². The van der Waals surface area contributed by atoms with E-state index in [0.29, 0.717) is 5.56 Å². The van der Waals surface area contributed by atoms with Crippen molar-refractivity contribution in [3.63, 3.8) is 0 Å². The first-order valence-electron chi connectivity index (χ1n) is 5.26. The molecular formula is C14H9BrClNS. The highest BCUT2D eigenvalue weighted by Gasteiger charge is 2.04. The highest BCUT2D eigenvalue weighted by Crippen LogP contribution is 2.32. The van der Waals surface area contributed by atoms with Gasteiger partial charge in [-0.25, -0.2) is 0 Å². The monoisotopic (exact) mass is 337 g/mol. The highest BCUT2D eigenvalue weighted by molar-refractivity contribution is 9.10. The van der Waals surface area contributed by atoms with E-state index >= 15 is 0 Å². The van der Waals surface area contributed by atoms with Crippen LogP contribution in [0.5, 0.6) is 0 Å². The van der Waals surface area contributed by atoms with E-state index in [0.717, 1.165) is 25.7 Å². The van der Waals surface area contributed by atoms with Crippen molar-refractivity contribution in [3.05, 3.63) is 63.1 Å². The molecule has 4 heteroatoms. The minimum absolute atomic E-state index is 0.656. The number of hydrogen-bond acceptors (Lipinski definition) is 2. The van der Waals surface area contributed by atoms with Gasteiger partial charge in [0.05, 0.1) is 11.6 Å². The molecule has 0 amide bonds. The topological polar surface area (TPSA) is 23.8 Å². The van der Waals surface area contributed by atoms with Crippen LogP contribution in [-0.4, -0.2) is 0 Å². The molecule has 0 saturated heterocycles. The summed E-state index contributed by atoms with van der Waals surface area (Å²) in [5.41, 5.74) is 1.77. The normalized spacial score (nSPS) is 10.1. The maximum Gasteiger partial charge on any atom is 0.0992 e. The van der Waals surface area contributed by atoms with Crippen LogP contribution in [0.4, 0.5) is 0 Å². The molecule has 0 saturated carbocycles. The molecule has 2 rings (SSSR count). The van der Waals surface area contributed by atoms with E-state index in [1.165, 1.54) is 0 Å². The van der Waals surface area contributed by atoms with E-state index < -0.39 is 0 Å². The first kappa shape index (κ1) is 13.5. The molecule has 0 N–H and O–H groups in total. The van der Waals surface area contributed by atoms with Crippen molar-refractivity contribution in [3.8, 4) is 6.07 Å². The highest BCUT2D eigenvalue weighted by atomic mass is 79.9. The molecule has 0 aliphatic rings. The van der Waals surface area contributed by atoms with Gasteiger partial charge in [-0.15, -0.1) is 11.8 Å². The third-order valence-electron chi connectivity index (χ3n) is 2.40. The van der Waals surface area contributed by atoms with E-state index in [9.17, 15) is 0 Å². The molecule has 18 heavy (non-hydrogen) atoms. The van der Waals surface area contributed by atoms with E-state index in [2.05, 4.69) is 22.0 Å². The largest absolute Gasteiger partial charge is 0.192 e. The van der Waals surface area contributed by atoms with Crippen molar-refractivity contribution < 1.29 is 0 Å². The van der Waals surface area contributed by atoms with Gasteiger partial charge in [0.15, 0.2) is 0 Å². The summed E-state index contributed by atoms with van der Waals surface area (Å²) in [4.78, 5) is 1.11. The van der Waals surface area contributed by atoms with Gasteiger partial charge in [0.25, 0.3) is 0 Å². The molecule has 0 aliphatic carbocycles. The lowest BCUT2D eigenvalue weighted by molar-refractivity contribution is 1.34. The van der Waals surface area contributed by atoms with E-state index in [1.54, 1.807) is 11.8 Å². The van der Waals surface area contributed by atoms with Gasteiger partial charge in [-0.05, 0) is 45.8 Å². The smallest absolute Gasteiger partial charge is 0.0992 e. The van der Waals surface area contributed by atoms with Gasteiger partial charge in [-0.1, -0.05) is 29.8 Å². The van der Waals surface area contributed by atoms with Crippen molar-refractivity contribution in [2.24, 2.45) is 0 Å². The number of benzene rings is 2. The number of nitrogens with zero attached hydrogens (tertiary/aromatic N) is 1. The predicted octanol–water partition coefficient (Wildman–Crippen LogP) is 5.27. The van der Waals surface area contributed by atoms with Gasteiger partial charge in [0.1, 0.15) is 0 Å². The van der Waals surface area contributed by atoms with Crippen LogP contribution < -0.4 is 0 Å². The quantitative estimate of drug-likeness (QED) is 0.712. The third kappa shape index (κ3) is 3.29. The molecule has 0 unspecified atom stereocenters. The van der Waals surface area contributed by atoms with Crippen LogP contribution in [0.2, 0.25) is 5.02 Å². The van der Waals surface area contributed by atoms with E-state index in [-0.39, 0.29) is 0 Å². The first-order chi connectivity index (χ1) is 8.70. The zero-order valence-corrected chi connectivity index (χ0v) is 12.5. The maximum atomic E-state index is 8.80. The van der Waals surface area contributed by atoms with Crippen LogP contribution >= 0.6 is 39.3 Å². The lowest BCUT2D eigenvalue weighted by atomic mass is 10.2. The van der Waals surface area contributed by atoms with Gasteiger partial charge in [-0.2, -0.15) is 5.26 Å². The van der Waals surface area contributed by atoms with Crippen LogP contribution in [0, 0.1) is 11.3 Å². The molecule has 90 valence electrons. The molecule has 2 aromatic carbocycles. The summed E-state index contributed by atoms with van der Waals surface area (Å²) in [7, 11) is 0. The summed E-state index contributed by atoms with van der Waals surface area (Å²) in [6, 6.07) is 15.5. The molecule has 1 nitrogen and oxygen atoms in total. The van der Waals surface area contributed by atoms with Crippen LogP contribution in [0.25, 0.3) is 0 Å². The predicted molar refractivity (Wildman–Crippen MR) is 79.9 cm³/mol. The minimum atomic E-state index is 0.656. The average molecular weight is 339 g/mol. The lowest BCUT2D eigenvalue weighted by Gasteiger charge is -2.06. The molecule has 0 spiro atoms. The zero-order chi connectivity index (χ0) is 13.0. The number of rotatable bonds is 3. The average Bonchev–Trinajstić information content (AvgIpc) is 2.39. The molecule has 0 fully saturated rings. The maximum absolute atomic E-state index is 8.80. The van der Waals surface area contributed by atoms with E-state index in [4.69, 9.17) is 16.9 Å². The minimum Gasteiger partial charge on any atom is -0.192 e. The Morgan fingerprint density at radius 3 is 2.67 bits per heavy atom. The van der Waals surface area contributed by atoms with Crippen molar-refractivity contribution in [1.82, 2.24) is 0 Å². The Balaban J connectivity index is 2.12. The van der Waals surface area contributed by atoms with Crippen molar-refractivity contribution in [2.45, 2.75) is 10.6 Å². The summed E-state index contributed by atoms with van der Waals surface area (Å²) in [6.07, 6.45) is 0. The van der Waals surface area contributed by atoms with Crippen molar-refractivity contribution >= 4 is 39.3 Å². The van der Waals surface area contributed by atoms with Gasteiger partial charge in [0, 0.05) is 20.1 Å². The lowest BCUT2D eigenvalue weighted by Crippen LogP contribution is -1.84. The van der Waals surface area contributed by atoms with Crippen LogP contribution in [0.15, 0.2) is 51.8 Å². The Labute approximate surface area is 124 Å². The molecule has 0 aromatic heterocycles. The fourth-order valence-corrected chi connectivity index (χ4v) is 3.39. The molecule has 0 aliphatic heterocycles. The van der Waals surface area contributed by atoms with Gasteiger partial charge in [0.2, 0.25) is 0 Å². The van der Waals surface area contributed by atoms with Crippen molar-refractivity contribution in [2.75, 3.05) is 0 Å².